The monoisotopic (exact) mass is 236 g/mol. The van der Waals surface area contributed by atoms with Crippen molar-refractivity contribution in [2.75, 3.05) is 6.61 Å². The van der Waals surface area contributed by atoms with Crippen molar-refractivity contribution in [3.63, 3.8) is 0 Å². The van der Waals surface area contributed by atoms with Gasteiger partial charge in [-0.15, -0.1) is 0 Å². The Labute approximate surface area is 93.3 Å². The van der Waals surface area contributed by atoms with Crippen LogP contribution in [0.3, 0.4) is 0 Å². The number of hydrogen-bond donors (Lipinski definition) is 5. The van der Waals surface area contributed by atoms with Gasteiger partial charge >= 0.3 is 5.97 Å². The fourth-order valence-electron chi connectivity index (χ4n) is 0.768. The van der Waals surface area contributed by atoms with Gasteiger partial charge in [-0.25, -0.2) is 4.79 Å². The molecule has 0 saturated carbocycles. The number of thiol groups is 1. The maximum atomic E-state index is 11.4. The van der Waals surface area contributed by atoms with E-state index in [1.165, 1.54) is 0 Å². The predicted molar refractivity (Wildman–Crippen MR) is 57.7 cm³/mol. The summed E-state index contributed by atoms with van der Waals surface area (Å²) >= 11 is 4.10. The fraction of sp³-hybridized carbons (Fsp3) is 0.750. The summed E-state index contributed by atoms with van der Waals surface area (Å²) in [5, 5.41) is 19.4. The Kier molecular flexibility index (Phi) is 5.06. The Morgan fingerprint density at radius 3 is 2.27 bits per heavy atom. The highest BCUT2D eigenvalue weighted by Gasteiger charge is 2.31. The molecule has 0 rings (SSSR count). The Morgan fingerprint density at radius 2 is 2.00 bits per heavy atom. The molecule has 15 heavy (non-hydrogen) atoms. The number of aliphatic hydroxyl groups excluding tert-OH is 1. The van der Waals surface area contributed by atoms with Crippen molar-refractivity contribution in [1.29, 1.82) is 0 Å². The van der Waals surface area contributed by atoms with Crippen LogP contribution in [0.15, 0.2) is 0 Å². The third-order valence-corrected chi connectivity index (χ3v) is 2.12. The second-order valence-electron chi connectivity index (χ2n) is 3.71. The lowest BCUT2D eigenvalue weighted by atomic mass is 10.0. The van der Waals surface area contributed by atoms with E-state index in [-0.39, 0.29) is 0 Å². The first kappa shape index (κ1) is 14.2. The second kappa shape index (κ2) is 5.34. The van der Waals surface area contributed by atoms with Crippen molar-refractivity contribution in [2.24, 2.45) is 5.73 Å². The zero-order valence-corrected chi connectivity index (χ0v) is 9.49. The standard InChI is InChI=1S/C8H16N2O4S/c1-8(2,15)5(9)6(12)10-4(3-11)7(13)14/h4-5,11,15H,3,9H2,1-2H3,(H,10,12)(H,13,14)/t4-,5+/m0/s1. The summed E-state index contributed by atoms with van der Waals surface area (Å²) in [7, 11) is 0. The van der Waals surface area contributed by atoms with E-state index < -0.39 is 35.3 Å². The molecule has 7 heteroatoms. The molecule has 0 spiro atoms. The van der Waals surface area contributed by atoms with Crippen molar-refractivity contribution in [3.8, 4) is 0 Å². The Balaban J connectivity index is 4.42. The minimum atomic E-state index is -1.33. The third-order valence-electron chi connectivity index (χ3n) is 1.84. The number of aliphatic hydroxyl groups is 1. The van der Waals surface area contributed by atoms with Crippen LogP contribution in [0.4, 0.5) is 0 Å². The number of carboxylic acids is 1. The minimum absolute atomic E-state index is 0.656. The maximum absolute atomic E-state index is 11.4. The minimum Gasteiger partial charge on any atom is -0.480 e. The molecule has 88 valence electrons. The third kappa shape index (κ3) is 4.50. The summed E-state index contributed by atoms with van der Waals surface area (Å²) in [5.74, 6) is -1.97. The summed E-state index contributed by atoms with van der Waals surface area (Å²) in [6, 6.07) is -2.28. The average molecular weight is 236 g/mol. The van der Waals surface area contributed by atoms with E-state index in [0.29, 0.717) is 0 Å². The van der Waals surface area contributed by atoms with Gasteiger partial charge in [0.1, 0.15) is 6.04 Å². The molecule has 5 N–H and O–H groups in total. The maximum Gasteiger partial charge on any atom is 0.328 e. The van der Waals surface area contributed by atoms with E-state index in [0.717, 1.165) is 0 Å². The molecule has 0 bridgehead atoms. The van der Waals surface area contributed by atoms with E-state index >= 15 is 0 Å². The van der Waals surface area contributed by atoms with Crippen LogP contribution in [-0.4, -0.2) is 45.5 Å². The molecule has 0 saturated heterocycles. The lowest BCUT2D eigenvalue weighted by Crippen LogP contribution is -2.55. The first-order valence-electron chi connectivity index (χ1n) is 4.32. The van der Waals surface area contributed by atoms with E-state index in [1.807, 2.05) is 0 Å². The number of carboxylic acid groups (broad SMARTS) is 1. The normalized spacial score (nSPS) is 15.5. The molecule has 0 unspecified atom stereocenters. The highest BCUT2D eigenvalue weighted by Crippen LogP contribution is 2.15. The van der Waals surface area contributed by atoms with Crippen LogP contribution >= 0.6 is 12.6 Å². The lowest BCUT2D eigenvalue weighted by Gasteiger charge is -2.26. The van der Waals surface area contributed by atoms with Gasteiger partial charge in [-0.05, 0) is 13.8 Å². The van der Waals surface area contributed by atoms with Gasteiger partial charge in [0, 0.05) is 4.75 Å². The summed E-state index contributed by atoms with van der Waals surface area (Å²) in [4.78, 5) is 21.9. The van der Waals surface area contributed by atoms with Gasteiger partial charge in [0.15, 0.2) is 0 Å². The molecule has 0 radical (unpaired) electrons. The van der Waals surface area contributed by atoms with Crippen molar-refractivity contribution in [1.82, 2.24) is 5.32 Å². The van der Waals surface area contributed by atoms with Crippen LogP contribution in [0.2, 0.25) is 0 Å². The number of aliphatic carboxylic acids is 1. The molecule has 0 aliphatic heterocycles. The van der Waals surface area contributed by atoms with Gasteiger partial charge in [0.05, 0.1) is 12.6 Å². The second-order valence-corrected chi connectivity index (χ2v) is 4.87. The van der Waals surface area contributed by atoms with Crippen molar-refractivity contribution < 1.29 is 19.8 Å². The molecule has 0 aliphatic carbocycles. The molecule has 0 heterocycles. The number of rotatable bonds is 5. The van der Waals surface area contributed by atoms with Crippen LogP contribution in [0.5, 0.6) is 0 Å². The van der Waals surface area contributed by atoms with E-state index in [4.69, 9.17) is 15.9 Å². The van der Waals surface area contributed by atoms with Gasteiger partial charge in [-0.1, -0.05) is 0 Å². The molecular weight excluding hydrogens is 220 g/mol. The molecule has 0 fully saturated rings. The molecule has 0 aromatic heterocycles. The summed E-state index contributed by atoms with van der Waals surface area (Å²) < 4.78 is -0.761. The van der Waals surface area contributed by atoms with Gasteiger partial charge in [-0.3, -0.25) is 4.79 Å². The molecule has 0 aromatic rings. The van der Waals surface area contributed by atoms with Crippen LogP contribution in [0.1, 0.15) is 13.8 Å². The predicted octanol–water partition coefficient (Wildman–Crippen LogP) is -1.42. The van der Waals surface area contributed by atoms with Gasteiger partial charge in [0.25, 0.3) is 0 Å². The summed E-state index contributed by atoms with van der Waals surface area (Å²) in [5.41, 5.74) is 5.53. The number of amides is 1. The van der Waals surface area contributed by atoms with Crippen molar-refractivity contribution in [2.45, 2.75) is 30.7 Å². The molecule has 6 nitrogen and oxygen atoms in total. The zero-order chi connectivity index (χ0) is 12.2. The molecular formula is C8H16N2O4S. The van der Waals surface area contributed by atoms with E-state index in [9.17, 15) is 9.59 Å². The Hall–Kier alpha value is -0.790. The largest absolute Gasteiger partial charge is 0.480 e. The first-order chi connectivity index (χ1) is 6.70. The Bertz CT molecular complexity index is 252. The van der Waals surface area contributed by atoms with E-state index in [1.54, 1.807) is 13.8 Å². The number of nitrogens with two attached hydrogens (primary N) is 1. The SMILES string of the molecule is CC(C)(S)[C@H](N)C(=O)N[C@@H](CO)C(=O)O. The van der Waals surface area contributed by atoms with Gasteiger partial charge in [0.2, 0.25) is 5.91 Å². The number of hydrogen-bond acceptors (Lipinski definition) is 5. The van der Waals surface area contributed by atoms with Crippen LogP contribution < -0.4 is 11.1 Å². The summed E-state index contributed by atoms with van der Waals surface area (Å²) in [6.07, 6.45) is 0. The lowest BCUT2D eigenvalue weighted by molar-refractivity contribution is -0.143. The van der Waals surface area contributed by atoms with Crippen molar-refractivity contribution >= 4 is 24.5 Å². The summed E-state index contributed by atoms with van der Waals surface area (Å²) in [6.45, 7) is 2.59. The number of nitrogens with one attached hydrogen (secondary N) is 1. The topological polar surface area (TPSA) is 113 Å². The Morgan fingerprint density at radius 1 is 1.53 bits per heavy atom. The average Bonchev–Trinajstić information content (AvgIpc) is 2.10. The fourth-order valence-corrected chi connectivity index (χ4v) is 0.885. The quantitative estimate of drug-likeness (QED) is 0.376. The van der Waals surface area contributed by atoms with Crippen LogP contribution in [-0.2, 0) is 9.59 Å². The number of carbonyl (C=O) groups is 2. The number of carbonyl (C=O) groups excluding carboxylic acids is 1. The first-order valence-corrected chi connectivity index (χ1v) is 4.77. The van der Waals surface area contributed by atoms with Crippen LogP contribution in [0.25, 0.3) is 0 Å². The molecule has 2 atom stereocenters. The zero-order valence-electron chi connectivity index (χ0n) is 8.60. The smallest absolute Gasteiger partial charge is 0.328 e. The highest BCUT2D eigenvalue weighted by molar-refractivity contribution is 7.81. The van der Waals surface area contributed by atoms with Crippen molar-refractivity contribution in [3.05, 3.63) is 0 Å². The van der Waals surface area contributed by atoms with E-state index in [2.05, 4.69) is 17.9 Å². The molecule has 0 aliphatic rings. The highest BCUT2D eigenvalue weighted by atomic mass is 32.1. The van der Waals surface area contributed by atoms with Crippen LogP contribution in [0, 0.1) is 0 Å². The molecule has 0 aromatic carbocycles. The molecule has 1 amide bonds. The van der Waals surface area contributed by atoms with Gasteiger partial charge in [-0.2, -0.15) is 12.6 Å². The van der Waals surface area contributed by atoms with Gasteiger partial charge < -0.3 is 21.3 Å².